The van der Waals surface area contributed by atoms with Crippen molar-refractivity contribution in [3.8, 4) is 11.8 Å². The van der Waals surface area contributed by atoms with Crippen LogP contribution in [0, 0.1) is 11.3 Å². The maximum Gasteiger partial charge on any atom is 0.357 e. The van der Waals surface area contributed by atoms with Gasteiger partial charge in [0.15, 0.2) is 5.69 Å². The number of hydrogen-bond donors (Lipinski definition) is 2. The molecule has 0 atom stereocenters. The molecule has 7 nitrogen and oxygen atoms in total. The molecule has 0 unspecified atom stereocenters. The van der Waals surface area contributed by atoms with Crippen LogP contribution in [0.25, 0.3) is 5.69 Å². The quantitative estimate of drug-likeness (QED) is 0.786. The predicted molar refractivity (Wildman–Crippen MR) is 94.4 cm³/mol. The molecule has 0 radical (unpaired) electrons. The smallest absolute Gasteiger partial charge is 0.357 e. The van der Waals surface area contributed by atoms with Crippen molar-refractivity contribution >= 4 is 23.3 Å². The van der Waals surface area contributed by atoms with Crippen molar-refractivity contribution in [2.24, 2.45) is 0 Å². The average molecular weight is 340 g/mol. The molecule has 0 aliphatic carbocycles. The molecule has 2 aromatic rings. The number of ether oxygens (including phenoxy) is 1. The number of nitrogens with one attached hydrogen (secondary N) is 1. The number of amides is 1. The van der Waals surface area contributed by atoms with Crippen molar-refractivity contribution in [2.45, 2.75) is 26.2 Å². The Morgan fingerprint density at radius 2 is 2.16 bits per heavy atom. The predicted octanol–water partition coefficient (Wildman–Crippen LogP) is 2.85. The van der Waals surface area contributed by atoms with E-state index >= 15 is 0 Å². The topological polar surface area (TPSA) is 110 Å². The van der Waals surface area contributed by atoms with E-state index in [9.17, 15) is 9.59 Å². The lowest BCUT2D eigenvalue weighted by Gasteiger charge is -2.11. The fourth-order valence-electron chi connectivity index (χ4n) is 2.41. The lowest BCUT2D eigenvalue weighted by Crippen LogP contribution is -2.13. The molecule has 3 N–H and O–H groups in total. The van der Waals surface area contributed by atoms with E-state index in [-0.39, 0.29) is 22.9 Å². The van der Waals surface area contributed by atoms with Gasteiger partial charge in [0.25, 0.3) is 0 Å². The average Bonchev–Trinajstić information content (AvgIpc) is 2.96. The highest BCUT2D eigenvalue weighted by Gasteiger charge is 2.21. The molecule has 25 heavy (non-hydrogen) atoms. The van der Waals surface area contributed by atoms with Crippen molar-refractivity contribution < 1.29 is 14.3 Å². The van der Waals surface area contributed by atoms with Crippen LogP contribution < -0.4 is 11.1 Å². The van der Waals surface area contributed by atoms with Crippen LogP contribution in [0.1, 0.15) is 42.2 Å². The summed E-state index contributed by atoms with van der Waals surface area (Å²) in [5.41, 5.74) is 7.39. The molecule has 1 amide bonds. The van der Waals surface area contributed by atoms with Gasteiger partial charge in [-0.3, -0.25) is 4.79 Å². The number of nitriles is 1. The van der Waals surface area contributed by atoms with E-state index < -0.39 is 5.97 Å². The number of hydrogen-bond acceptors (Lipinski definition) is 5. The summed E-state index contributed by atoms with van der Waals surface area (Å²) < 4.78 is 6.24. The molecule has 0 spiro atoms. The van der Waals surface area contributed by atoms with E-state index in [1.807, 2.05) is 13.0 Å². The maximum absolute atomic E-state index is 12.0. The molecule has 0 bridgehead atoms. The number of carbonyl (C=O) groups is 2. The summed E-state index contributed by atoms with van der Waals surface area (Å²) in [4.78, 5) is 23.9. The van der Waals surface area contributed by atoms with Crippen LogP contribution in [0.3, 0.4) is 0 Å². The summed E-state index contributed by atoms with van der Waals surface area (Å²) in [6, 6.07) is 8.90. The van der Waals surface area contributed by atoms with Gasteiger partial charge < -0.3 is 20.4 Å². The highest BCUT2D eigenvalue weighted by atomic mass is 16.5. The summed E-state index contributed by atoms with van der Waals surface area (Å²) in [6.45, 7) is 2.02. The second kappa shape index (κ2) is 8.02. The van der Waals surface area contributed by atoms with Crippen LogP contribution in [-0.2, 0) is 9.53 Å². The number of unbranched alkanes of at least 4 members (excludes halogenated alkanes) is 1. The van der Waals surface area contributed by atoms with Gasteiger partial charge in [-0.1, -0.05) is 19.4 Å². The molecular formula is C18H20N4O3. The molecular weight excluding hydrogens is 320 g/mol. The Bertz CT molecular complexity index is 833. The fraction of sp³-hybridized carbons (Fsp3) is 0.278. The molecule has 0 aliphatic rings. The standard InChI is InChI=1S/C18H20N4O3/c1-3-4-8-15(23)21-13-6-5-7-14(9-13)22-11-12(10-19)16(20)17(22)18(24)25-2/h5-7,9,11H,3-4,8,20H2,1-2H3,(H,21,23). The van der Waals surface area contributed by atoms with Crippen LogP contribution >= 0.6 is 0 Å². The van der Waals surface area contributed by atoms with Crippen molar-refractivity contribution in [1.82, 2.24) is 4.57 Å². The Morgan fingerprint density at radius 3 is 2.80 bits per heavy atom. The number of nitrogens with zero attached hydrogens (tertiary/aromatic N) is 2. The van der Waals surface area contributed by atoms with Gasteiger partial charge in [0.05, 0.1) is 18.4 Å². The van der Waals surface area contributed by atoms with Gasteiger partial charge in [-0.05, 0) is 24.6 Å². The van der Waals surface area contributed by atoms with E-state index in [0.29, 0.717) is 17.8 Å². The van der Waals surface area contributed by atoms with Gasteiger partial charge in [-0.2, -0.15) is 5.26 Å². The van der Waals surface area contributed by atoms with Crippen molar-refractivity contribution in [1.29, 1.82) is 5.26 Å². The van der Waals surface area contributed by atoms with Gasteiger partial charge in [0, 0.05) is 24.0 Å². The fourth-order valence-corrected chi connectivity index (χ4v) is 2.41. The third-order valence-electron chi connectivity index (χ3n) is 3.71. The van der Waals surface area contributed by atoms with E-state index in [4.69, 9.17) is 15.7 Å². The van der Waals surface area contributed by atoms with Crippen LogP contribution in [0.15, 0.2) is 30.5 Å². The third-order valence-corrected chi connectivity index (χ3v) is 3.71. The van der Waals surface area contributed by atoms with E-state index in [0.717, 1.165) is 12.8 Å². The Labute approximate surface area is 146 Å². The molecule has 2 rings (SSSR count). The number of carbonyl (C=O) groups excluding carboxylic acids is 2. The van der Waals surface area contributed by atoms with Crippen molar-refractivity contribution in [2.75, 3.05) is 18.2 Å². The Kier molecular flexibility index (Phi) is 5.79. The third kappa shape index (κ3) is 3.98. The van der Waals surface area contributed by atoms with Gasteiger partial charge >= 0.3 is 5.97 Å². The molecule has 0 saturated heterocycles. The monoisotopic (exact) mass is 340 g/mol. The normalized spacial score (nSPS) is 10.1. The molecule has 1 heterocycles. The molecule has 1 aromatic carbocycles. The zero-order valence-electron chi connectivity index (χ0n) is 14.2. The summed E-state index contributed by atoms with van der Waals surface area (Å²) in [5, 5.41) is 12.0. The number of nitrogen functional groups attached to an aromatic ring is 1. The van der Waals surface area contributed by atoms with Gasteiger partial charge in [0.1, 0.15) is 6.07 Å². The zero-order valence-corrected chi connectivity index (χ0v) is 14.2. The van der Waals surface area contributed by atoms with Crippen LogP contribution in [-0.4, -0.2) is 23.6 Å². The van der Waals surface area contributed by atoms with Crippen LogP contribution in [0.2, 0.25) is 0 Å². The minimum absolute atomic E-state index is 0.0618. The first kappa shape index (κ1) is 18.1. The Balaban J connectivity index is 2.40. The summed E-state index contributed by atoms with van der Waals surface area (Å²) >= 11 is 0. The number of methoxy groups -OCH3 is 1. The highest BCUT2D eigenvalue weighted by molar-refractivity contribution is 5.96. The van der Waals surface area contributed by atoms with E-state index in [1.54, 1.807) is 24.3 Å². The second-order valence-corrected chi connectivity index (χ2v) is 5.48. The number of esters is 1. The molecule has 7 heteroatoms. The van der Waals surface area contributed by atoms with Gasteiger partial charge in [-0.15, -0.1) is 0 Å². The first-order valence-corrected chi connectivity index (χ1v) is 7.91. The minimum atomic E-state index is -0.642. The van der Waals surface area contributed by atoms with Crippen molar-refractivity contribution in [3.05, 3.63) is 41.7 Å². The van der Waals surface area contributed by atoms with Crippen molar-refractivity contribution in [3.63, 3.8) is 0 Å². The lowest BCUT2D eigenvalue weighted by atomic mass is 10.2. The number of benzene rings is 1. The molecule has 1 aromatic heterocycles. The molecule has 0 aliphatic heterocycles. The summed E-state index contributed by atoms with van der Waals surface area (Å²) in [7, 11) is 1.25. The maximum atomic E-state index is 12.0. The van der Waals surface area contributed by atoms with Gasteiger partial charge in [0.2, 0.25) is 5.91 Å². The van der Waals surface area contributed by atoms with E-state index in [2.05, 4.69) is 5.32 Å². The first-order valence-electron chi connectivity index (χ1n) is 7.91. The molecule has 0 saturated carbocycles. The number of aromatic nitrogens is 1. The number of nitrogens with two attached hydrogens (primary N) is 1. The SMILES string of the molecule is CCCCC(=O)Nc1cccc(-n2cc(C#N)c(N)c2C(=O)OC)c1. The molecule has 130 valence electrons. The minimum Gasteiger partial charge on any atom is -0.464 e. The number of rotatable bonds is 6. The molecule has 0 fully saturated rings. The lowest BCUT2D eigenvalue weighted by molar-refractivity contribution is -0.116. The summed E-state index contributed by atoms with van der Waals surface area (Å²) in [6.07, 6.45) is 3.68. The largest absolute Gasteiger partial charge is 0.464 e. The Hall–Kier alpha value is -3.27. The van der Waals surface area contributed by atoms with Crippen LogP contribution in [0.5, 0.6) is 0 Å². The van der Waals surface area contributed by atoms with Crippen LogP contribution in [0.4, 0.5) is 11.4 Å². The zero-order chi connectivity index (χ0) is 18.4. The summed E-state index contributed by atoms with van der Waals surface area (Å²) in [5.74, 6) is -0.715. The highest BCUT2D eigenvalue weighted by Crippen LogP contribution is 2.26. The second-order valence-electron chi connectivity index (χ2n) is 5.48. The van der Waals surface area contributed by atoms with Gasteiger partial charge in [-0.25, -0.2) is 4.79 Å². The first-order chi connectivity index (χ1) is 12.0. The van der Waals surface area contributed by atoms with E-state index in [1.165, 1.54) is 17.9 Å². The number of anilines is 2. The Morgan fingerprint density at radius 1 is 1.40 bits per heavy atom.